The summed E-state index contributed by atoms with van der Waals surface area (Å²) in [7, 11) is 1.59. The molecule has 0 radical (unpaired) electrons. The number of hydrogen-bond donors (Lipinski definition) is 1. The van der Waals surface area contributed by atoms with Crippen LogP contribution in [0.25, 0.3) is 11.3 Å². The zero-order valence-electron chi connectivity index (χ0n) is 19.8. The summed E-state index contributed by atoms with van der Waals surface area (Å²) in [5.41, 5.74) is 3.91. The fraction of sp³-hybridized carbons (Fsp3) is 0.346. The molecule has 0 unspecified atom stereocenters. The molecule has 0 atom stereocenters. The van der Waals surface area contributed by atoms with Crippen molar-refractivity contribution in [2.45, 2.75) is 34.1 Å². The Hall–Kier alpha value is -3.61. The fourth-order valence-corrected chi connectivity index (χ4v) is 3.67. The molecule has 2 aromatic carbocycles. The molecule has 0 saturated heterocycles. The summed E-state index contributed by atoms with van der Waals surface area (Å²) in [6.07, 6.45) is 0.187. The molecule has 1 heterocycles. The van der Waals surface area contributed by atoms with E-state index in [9.17, 15) is 9.59 Å². The predicted octanol–water partition coefficient (Wildman–Crippen LogP) is 5.09. The molecule has 0 saturated carbocycles. The van der Waals surface area contributed by atoms with E-state index in [2.05, 4.69) is 16.5 Å². The molecule has 0 aliphatic carbocycles. The van der Waals surface area contributed by atoms with Gasteiger partial charge in [-0.1, -0.05) is 37.2 Å². The van der Waals surface area contributed by atoms with E-state index in [1.54, 1.807) is 18.1 Å². The third kappa shape index (κ3) is 6.68. The van der Waals surface area contributed by atoms with Crippen LogP contribution >= 0.6 is 0 Å². The second-order valence-corrected chi connectivity index (χ2v) is 8.63. The quantitative estimate of drug-likeness (QED) is 0.492. The van der Waals surface area contributed by atoms with E-state index in [1.165, 1.54) is 0 Å². The fourth-order valence-electron chi connectivity index (χ4n) is 3.67. The summed E-state index contributed by atoms with van der Waals surface area (Å²) in [4.78, 5) is 27.3. The molecule has 3 aromatic rings. The van der Waals surface area contributed by atoms with E-state index < -0.39 is 0 Å². The Balaban J connectivity index is 1.68. The topological polar surface area (TPSA) is 84.7 Å². The van der Waals surface area contributed by atoms with Crippen LogP contribution in [0.2, 0.25) is 0 Å². The maximum absolute atomic E-state index is 13.2. The van der Waals surface area contributed by atoms with Gasteiger partial charge in [-0.15, -0.1) is 0 Å². The van der Waals surface area contributed by atoms with Gasteiger partial charge in [-0.2, -0.15) is 0 Å². The molecule has 7 nitrogen and oxygen atoms in total. The highest BCUT2D eigenvalue weighted by Gasteiger charge is 2.22. The number of aromatic nitrogens is 1. The lowest BCUT2D eigenvalue weighted by Crippen LogP contribution is -2.36. The lowest BCUT2D eigenvalue weighted by Gasteiger charge is -2.23. The second-order valence-electron chi connectivity index (χ2n) is 8.63. The lowest BCUT2D eigenvalue weighted by molar-refractivity contribution is -0.116. The smallest absolute Gasteiger partial charge is 0.276 e. The first-order valence-corrected chi connectivity index (χ1v) is 11.0. The van der Waals surface area contributed by atoms with Crippen molar-refractivity contribution >= 4 is 17.5 Å². The molecule has 0 spiro atoms. The van der Waals surface area contributed by atoms with E-state index >= 15 is 0 Å². The minimum atomic E-state index is -0.263. The zero-order chi connectivity index (χ0) is 24.0. The van der Waals surface area contributed by atoms with E-state index in [1.807, 2.05) is 64.1 Å². The van der Waals surface area contributed by atoms with Gasteiger partial charge in [-0.05, 0) is 55.2 Å². The lowest BCUT2D eigenvalue weighted by atomic mass is 10.1. The van der Waals surface area contributed by atoms with Gasteiger partial charge in [0.05, 0.1) is 7.11 Å². The molecular weight excluding hydrogens is 418 g/mol. The molecule has 1 aromatic heterocycles. The number of ether oxygens (including phenoxy) is 1. The minimum Gasteiger partial charge on any atom is -0.497 e. The largest absolute Gasteiger partial charge is 0.497 e. The molecule has 3 rings (SSSR count). The van der Waals surface area contributed by atoms with Crippen molar-refractivity contribution < 1.29 is 18.8 Å². The molecule has 33 heavy (non-hydrogen) atoms. The van der Waals surface area contributed by atoms with E-state index in [0.717, 1.165) is 22.4 Å². The maximum Gasteiger partial charge on any atom is 0.276 e. The van der Waals surface area contributed by atoms with Gasteiger partial charge in [0.1, 0.15) is 5.75 Å². The van der Waals surface area contributed by atoms with Crippen molar-refractivity contribution in [3.05, 3.63) is 65.4 Å². The highest BCUT2D eigenvalue weighted by molar-refractivity contribution is 5.94. The van der Waals surface area contributed by atoms with Gasteiger partial charge < -0.3 is 19.5 Å². The van der Waals surface area contributed by atoms with Crippen molar-refractivity contribution in [1.82, 2.24) is 10.1 Å². The van der Waals surface area contributed by atoms with Crippen LogP contribution in [-0.2, 0) is 4.79 Å². The summed E-state index contributed by atoms with van der Waals surface area (Å²) >= 11 is 0. The Kier molecular flexibility index (Phi) is 7.87. The third-order valence-electron chi connectivity index (χ3n) is 5.07. The van der Waals surface area contributed by atoms with Crippen LogP contribution in [0.5, 0.6) is 5.75 Å². The summed E-state index contributed by atoms with van der Waals surface area (Å²) < 4.78 is 10.7. The van der Waals surface area contributed by atoms with Crippen molar-refractivity contribution in [1.29, 1.82) is 0 Å². The molecule has 1 N–H and O–H groups in total. The first-order valence-electron chi connectivity index (χ1n) is 11.0. The summed E-state index contributed by atoms with van der Waals surface area (Å²) in [6.45, 7) is 8.83. The monoisotopic (exact) mass is 449 g/mol. The number of benzene rings is 2. The highest BCUT2D eigenvalue weighted by Crippen LogP contribution is 2.25. The maximum atomic E-state index is 13.2. The first-order chi connectivity index (χ1) is 15.7. The van der Waals surface area contributed by atoms with Crippen LogP contribution in [-0.4, -0.2) is 42.1 Å². The van der Waals surface area contributed by atoms with Crippen molar-refractivity contribution in [3.8, 4) is 17.1 Å². The Morgan fingerprint density at radius 2 is 1.82 bits per heavy atom. The Morgan fingerprint density at radius 1 is 1.09 bits per heavy atom. The number of anilines is 1. The highest BCUT2D eigenvalue weighted by atomic mass is 16.5. The van der Waals surface area contributed by atoms with Gasteiger partial charge in [0, 0.05) is 36.8 Å². The number of nitrogens with zero attached hydrogens (tertiary/aromatic N) is 2. The van der Waals surface area contributed by atoms with Gasteiger partial charge >= 0.3 is 0 Å². The van der Waals surface area contributed by atoms with E-state index in [-0.39, 0.29) is 36.4 Å². The van der Waals surface area contributed by atoms with E-state index in [4.69, 9.17) is 9.26 Å². The first kappa shape index (κ1) is 24.0. The Labute approximate surface area is 194 Å². The van der Waals surface area contributed by atoms with Crippen molar-refractivity contribution in [2.75, 3.05) is 25.5 Å². The van der Waals surface area contributed by atoms with Crippen LogP contribution in [0.4, 0.5) is 5.69 Å². The Bertz CT molecular complexity index is 1100. The molecule has 0 aliphatic rings. The number of hydrogen-bond acceptors (Lipinski definition) is 5. The van der Waals surface area contributed by atoms with Crippen LogP contribution in [0, 0.1) is 19.8 Å². The summed E-state index contributed by atoms with van der Waals surface area (Å²) in [5, 5.41) is 6.91. The van der Waals surface area contributed by atoms with Gasteiger partial charge in [0.25, 0.3) is 5.91 Å². The second kappa shape index (κ2) is 10.8. The van der Waals surface area contributed by atoms with Gasteiger partial charge in [-0.25, -0.2) is 0 Å². The molecule has 0 fully saturated rings. The molecule has 7 heteroatoms. The van der Waals surface area contributed by atoms with Crippen LogP contribution in [0.3, 0.4) is 0 Å². The predicted molar refractivity (Wildman–Crippen MR) is 128 cm³/mol. The number of carbonyl (C=O) groups excluding carboxylic acids is 2. The number of aryl methyl sites for hydroxylation is 2. The van der Waals surface area contributed by atoms with Gasteiger partial charge in [0.15, 0.2) is 11.5 Å². The SMILES string of the molecule is COc1cccc(-c2cc(C(=O)N(CCC(=O)Nc3cc(C)cc(C)c3)CC(C)C)no2)c1. The van der Waals surface area contributed by atoms with Crippen molar-refractivity contribution in [2.24, 2.45) is 5.92 Å². The average molecular weight is 450 g/mol. The number of amides is 2. The number of carbonyl (C=O) groups is 2. The van der Waals surface area contributed by atoms with Crippen LogP contribution in [0.15, 0.2) is 53.1 Å². The molecule has 0 bridgehead atoms. The summed E-state index contributed by atoms with van der Waals surface area (Å²) in [5.74, 6) is 1.00. The Morgan fingerprint density at radius 3 is 2.48 bits per heavy atom. The standard InChI is InChI=1S/C26H31N3O4/c1-17(2)16-29(10-9-25(30)27-21-12-18(3)11-19(4)13-21)26(31)23-15-24(33-28-23)20-7-6-8-22(14-20)32-5/h6-8,11-15,17H,9-10,16H2,1-5H3,(H,27,30). The van der Waals surface area contributed by atoms with E-state index in [0.29, 0.717) is 18.1 Å². The van der Waals surface area contributed by atoms with Gasteiger partial charge in [0.2, 0.25) is 5.91 Å². The number of methoxy groups -OCH3 is 1. The van der Waals surface area contributed by atoms with Crippen LogP contribution < -0.4 is 10.1 Å². The normalized spacial score (nSPS) is 10.8. The van der Waals surface area contributed by atoms with Crippen LogP contribution in [0.1, 0.15) is 41.9 Å². The molecule has 0 aliphatic heterocycles. The number of nitrogens with one attached hydrogen (secondary N) is 1. The zero-order valence-corrected chi connectivity index (χ0v) is 19.8. The average Bonchev–Trinajstić information content (AvgIpc) is 3.25. The molecule has 174 valence electrons. The minimum absolute atomic E-state index is 0.140. The molecular formula is C26H31N3O4. The number of rotatable bonds is 9. The van der Waals surface area contributed by atoms with Gasteiger partial charge in [-0.3, -0.25) is 9.59 Å². The molecule has 2 amide bonds. The van der Waals surface area contributed by atoms with Crippen molar-refractivity contribution in [3.63, 3.8) is 0 Å². The third-order valence-corrected chi connectivity index (χ3v) is 5.07. The summed E-state index contributed by atoms with van der Waals surface area (Å²) in [6, 6.07) is 14.9.